The van der Waals surface area contributed by atoms with Gasteiger partial charge >= 0.3 is 0 Å². The molecule has 2 aliphatic rings. The van der Waals surface area contributed by atoms with E-state index in [4.69, 9.17) is 28.9 Å². The summed E-state index contributed by atoms with van der Waals surface area (Å²) < 4.78 is 0. The molecule has 1 fully saturated rings. The summed E-state index contributed by atoms with van der Waals surface area (Å²) >= 11 is 11.9. The fourth-order valence-corrected chi connectivity index (χ4v) is 4.59. The van der Waals surface area contributed by atoms with Crippen LogP contribution in [0.3, 0.4) is 0 Å². The Morgan fingerprint density at radius 3 is 2.24 bits per heavy atom. The number of nitrogens with two attached hydrogens (primary N) is 1. The molecular weight excluding hydrogens is 463 g/mol. The molecule has 0 aliphatic carbocycles. The van der Waals surface area contributed by atoms with Crippen molar-refractivity contribution in [2.75, 3.05) is 19.6 Å². The summed E-state index contributed by atoms with van der Waals surface area (Å²) in [4.78, 5) is 39.6. The van der Waals surface area contributed by atoms with Crippen molar-refractivity contribution in [3.05, 3.63) is 76.1 Å². The summed E-state index contributed by atoms with van der Waals surface area (Å²) in [6, 6.07) is 14.5. The van der Waals surface area contributed by atoms with Gasteiger partial charge in [0.2, 0.25) is 11.8 Å². The highest BCUT2D eigenvalue weighted by molar-refractivity contribution is 6.30. The van der Waals surface area contributed by atoms with Gasteiger partial charge in [-0.2, -0.15) is 5.10 Å². The van der Waals surface area contributed by atoms with Crippen molar-refractivity contribution in [1.29, 1.82) is 0 Å². The molecule has 0 spiro atoms. The maximum absolute atomic E-state index is 13.5. The molecule has 3 amide bonds. The third-order valence-corrected chi connectivity index (χ3v) is 6.48. The van der Waals surface area contributed by atoms with Crippen molar-refractivity contribution in [2.24, 2.45) is 16.3 Å². The minimum atomic E-state index is -1.04. The largest absolute Gasteiger partial charge is 0.368 e. The molecule has 0 bridgehead atoms. The molecule has 0 saturated carbocycles. The van der Waals surface area contributed by atoms with Crippen LogP contribution in [-0.2, 0) is 27.2 Å². The van der Waals surface area contributed by atoms with Gasteiger partial charge in [0.1, 0.15) is 12.0 Å². The predicted octanol–water partition coefficient (Wildman–Crippen LogP) is 2.89. The summed E-state index contributed by atoms with van der Waals surface area (Å²) in [5, 5.41) is 6.79. The predicted molar refractivity (Wildman–Crippen MR) is 127 cm³/mol. The third kappa shape index (κ3) is 5.04. The van der Waals surface area contributed by atoms with Crippen LogP contribution in [0.4, 0.5) is 0 Å². The smallest absolute Gasteiger partial charge is 0.257 e. The Morgan fingerprint density at radius 1 is 1.03 bits per heavy atom. The Balaban J connectivity index is 1.54. The molecule has 7 nitrogen and oxygen atoms in total. The third-order valence-electron chi connectivity index (χ3n) is 5.98. The van der Waals surface area contributed by atoms with E-state index in [0.29, 0.717) is 41.6 Å². The van der Waals surface area contributed by atoms with Crippen LogP contribution in [0.2, 0.25) is 10.0 Å². The molecule has 9 heteroatoms. The van der Waals surface area contributed by atoms with Gasteiger partial charge in [-0.25, -0.2) is 5.01 Å². The summed E-state index contributed by atoms with van der Waals surface area (Å²) in [6.45, 7) is 0.328. The molecule has 1 radical (unpaired) electrons. The van der Waals surface area contributed by atoms with Crippen LogP contribution >= 0.6 is 23.2 Å². The van der Waals surface area contributed by atoms with Gasteiger partial charge in [-0.1, -0.05) is 47.5 Å². The molecule has 2 aliphatic heterocycles. The molecular formula is C24H23Cl2N4O3. The molecule has 0 aromatic heterocycles. The van der Waals surface area contributed by atoms with Crippen molar-refractivity contribution in [2.45, 2.75) is 19.3 Å². The monoisotopic (exact) mass is 485 g/mol. The van der Waals surface area contributed by atoms with E-state index < -0.39 is 11.3 Å². The Morgan fingerprint density at radius 2 is 1.64 bits per heavy atom. The first-order chi connectivity index (χ1) is 15.8. The number of primary amides is 1. The standard InChI is InChI=1S/C24H23Cl2N4O3/c25-18-6-1-16(2-7-18)5-10-22(32)29-12-11-20-24(15-29,13-17-3-8-19(26)9-4-17)23(33)30(28-20)14-21(27)31/h1-4,6-10H,5,11-15H2,(H2,27,31)/t24-/m0/s1. The maximum Gasteiger partial charge on any atom is 0.257 e. The van der Waals surface area contributed by atoms with Gasteiger partial charge in [-0.15, -0.1) is 0 Å². The number of carbonyl (C=O) groups excluding carboxylic acids is 3. The van der Waals surface area contributed by atoms with E-state index in [-0.39, 0.29) is 24.9 Å². The van der Waals surface area contributed by atoms with Crippen LogP contribution in [0.25, 0.3) is 0 Å². The van der Waals surface area contributed by atoms with Gasteiger partial charge < -0.3 is 10.6 Å². The van der Waals surface area contributed by atoms with Crippen molar-refractivity contribution >= 4 is 46.6 Å². The number of benzene rings is 2. The number of carbonyl (C=O) groups is 3. The number of hydrogen-bond acceptors (Lipinski definition) is 4. The van der Waals surface area contributed by atoms with Crippen molar-refractivity contribution < 1.29 is 14.4 Å². The Bertz CT molecular complexity index is 1100. The normalized spacial score (nSPS) is 19.9. The van der Waals surface area contributed by atoms with Crippen LogP contribution in [0.5, 0.6) is 0 Å². The lowest BCUT2D eigenvalue weighted by molar-refractivity contribution is -0.141. The van der Waals surface area contributed by atoms with E-state index in [1.54, 1.807) is 35.6 Å². The number of hydrogen-bond donors (Lipinski definition) is 1. The second-order valence-corrected chi connectivity index (χ2v) is 9.18. The molecule has 1 saturated heterocycles. The SMILES string of the molecule is NC(=O)CN1N=C2CCN(C(=O)[CH]Cc3ccc(Cl)cc3)C[C@]2(Cc2ccc(Cl)cc2)C1=O. The second-order valence-electron chi connectivity index (χ2n) is 8.31. The van der Waals surface area contributed by atoms with Crippen LogP contribution in [-0.4, -0.2) is 53.0 Å². The molecule has 1 atom stereocenters. The fourth-order valence-electron chi connectivity index (χ4n) is 4.33. The van der Waals surface area contributed by atoms with Gasteiger partial charge in [0.15, 0.2) is 0 Å². The summed E-state index contributed by atoms with van der Waals surface area (Å²) in [5.41, 5.74) is 6.81. The molecule has 2 aromatic carbocycles. The highest BCUT2D eigenvalue weighted by Crippen LogP contribution is 2.39. The van der Waals surface area contributed by atoms with E-state index >= 15 is 0 Å². The first kappa shape index (κ1) is 23.3. The fraction of sp³-hybridized carbons (Fsp3) is 0.292. The van der Waals surface area contributed by atoms with Crippen LogP contribution in [0.15, 0.2) is 53.6 Å². The molecule has 0 unspecified atom stereocenters. The minimum Gasteiger partial charge on any atom is -0.368 e. The van der Waals surface area contributed by atoms with E-state index in [1.807, 2.05) is 24.3 Å². The Kier molecular flexibility index (Phi) is 6.72. The van der Waals surface area contributed by atoms with Gasteiger partial charge in [0.25, 0.3) is 5.91 Å². The number of amides is 3. The quantitative estimate of drug-likeness (QED) is 0.652. The molecule has 4 rings (SSSR count). The number of fused-ring (bicyclic) bond motifs is 1. The van der Waals surface area contributed by atoms with Crippen molar-refractivity contribution in [3.63, 3.8) is 0 Å². The molecule has 2 heterocycles. The van der Waals surface area contributed by atoms with Crippen LogP contribution in [0, 0.1) is 11.8 Å². The Hall–Kier alpha value is -2.90. The summed E-state index contributed by atoms with van der Waals surface area (Å²) in [5.74, 6) is -1.11. The molecule has 171 valence electrons. The van der Waals surface area contributed by atoms with Crippen molar-refractivity contribution in [1.82, 2.24) is 9.91 Å². The van der Waals surface area contributed by atoms with Gasteiger partial charge in [-0.05, 0) is 48.2 Å². The first-order valence-corrected chi connectivity index (χ1v) is 11.3. The lowest BCUT2D eigenvalue weighted by Crippen LogP contribution is -2.56. The van der Waals surface area contributed by atoms with Crippen LogP contribution < -0.4 is 5.73 Å². The highest BCUT2D eigenvalue weighted by atomic mass is 35.5. The van der Waals surface area contributed by atoms with E-state index in [1.165, 1.54) is 0 Å². The summed E-state index contributed by atoms with van der Waals surface area (Å²) in [6.07, 6.45) is 2.86. The zero-order valence-electron chi connectivity index (χ0n) is 17.8. The van der Waals surface area contributed by atoms with E-state index in [9.17, 15) is 14.4 Å². The lowest BCUT2D eigenvalue weighted by atomic mass is 9.73. The second kappa shape index (κ2) is 9.53. The van der Waals surface area contributed by atoms with Crippen LogP contribution in [0.1, 0.15) is 17.5 Å². The highest BCUT2D eigenvalue weighted by Gasteiger charge is 2.54. The number of rotatable bonds is 7. The lowest BCUT2D eigenvalue weighted by Gasteiger charge is -2.39. The zero-order valence-corrected chi connectivity index (χ0v) is 19.4. The maximum atomic E-state index is 13.5. The van der Waals surface area contributed by atoms with Gasteiger partial charge in [0.05, 0.1) is 12.1 Å². The molecule has 2 N–H and O–H groups in total. The summed E-state index contributed by atoms with van der Waals surface area (Å²) in [7, 11) is 0. The number of hydrazone groups is 1. The topological polar surface area (TPSA) is 96.1 Å². The van der Waals surface area contributed by atoms with Crippen molar-refractivity contribution in [3.8, 4) is 0 Å². The Labute approximate surface area is 202 Å². The van der Waals surface area contributed by atoms with Gasteiger partial charge in [-0.3, -0.25) is 14.4 Å². The number of nitrogens with zero attached hydrogens (tertiary/aromatic N) is 3. The molecule has 2 aromatic rings. The number of likely N-dealkylation sites (tertiary alicyclic amines) is 1. The average Bonchev–Trinajstić information content (AvgIpc) is 3.05. The van der Waals surface area contributed by atoms with E-state index in [0.717, 1.165) is 16.1 Å². The van der Waals surface area contributed by atoms with E-state index in [2.05, 4.69) is 5.10 Å². The zero-order chi connectivity index (χ0) is 23.6. The molecule has 33 heavy (non-hydrogen) atoms. The number of halogens is 2. The minimum absolute atomic E-state index is 0.152. The first-order valence-electron chi connectivity index (χ1n) is 10.6. The van der Waals surface area contributed by atoms with Gasteiger partial charge in [0, 0.05) is 29.6 Å². The number of piperidine rings is 1. The average molecular weight is 486 g/mol.